The van der Waals surface area contributed by atoms with Gasteiger partial charge in [0, 0.05) is 13.1 Å². The maximum Gasteiger partial charge on any atom is 0.310 e. The minimum absolute atomic E-state index is 0.0193. The quantitative estimate of drug-likeness (QED) is 0.297. The zero-order chi connectivity index (χ0) is 23.8. The Morgan fingerprint density at radius 2 is 1.87 bits per heavy atom. The van der Waals surface area contributed by atoms with E-state index in [2.05, 4.69) is 11.9 Å². The SMILES string of the molecule is C=CCC(=O)O[C@H](C(=O)N[C@@H](C)C(=O)N1CCC[C@@H](C(=O)OCC(Cl)(Cl)Cl)C1)C(C)C. The number of rotatable bonds is 9. The average Bonchev–Trinajstić information content (AvgIpc) is 2.69. The van der Waals surface area contributed by atoms with Gasteiger partial charge in [-0.15, -0.1) is 6.58 Å². The smallest absolute Gasteiger partial charge is 0.310 e. The van der Waals surface area contributed by atoms with Crippen molar-refractivity contribution in [1.29, 1.82) is 0 Å². The molecule has 11 heteroatoms. The molecule has 1 heterocycles. The molecule has 0 saturated carbocycles. The second kappa shape index (κ2) is 12.5. The van der Waals surface area contributed by atoms with Gasteiger partial charge in [-0.25, -0.2) is 0 Å². The van der Waals surface area contributed by atoms with E-state index in [1.807, 2.05) is 0 Å². The third kappa shape index (κ3) is 9.66. The summed E-state index contributed by atoms with van der Waals surface area (Å²) in [4.78, 5) is 50.8. The Labute approximate surface area is 197 Å². The van der Waals surface area contributed by atoms with E-state index >= 15 is 0 Å². The number of halogens is 3. The Morgan fingerprint density at radius 1 is 1.23 bits per heavy atom. The summed E-state index contributed by atoms with van der Waals surface area (Å²) in [7, 11) is 0. The Morgan fingerprint density at radius 3 is 2.42 bits per heavy atom. The van der Waals surface area contributed by atoms with Crippen molar-refractivity contribution in [2.75, 3.05) is 19.7 Å². The molecule has 176 valence electrons. The molecule has 1 aliphatic heterocycles. The Hall–Kier alpha value is -1.51. The molecular formula is C20H29Cl3N2O6. The minimum Gasteiger partial charge on any atom is -0.461 e. The Bertz CT molecular complexity index is 680. The normalized spacial score (nSPS) is 18.7. The minimum atomic E-state index is -1.71. The van der Waals surface area contributed by atoms with Crippen molar-refractivity contribution in [3.05, 3.63) is 12.7 Å². The van der Waals surface area contributed by atoms with Gasteiger partial charge in [-0.1, -0.05) is 54.7 Å². The fourth-order valence-corrected chi connectivity index (χ4v) is 3.24. The van der Waals surface area contributed by atoms with Crippen molar-refractivity contribution in [2.45, 2.75) is 56.0 Å². The van der Waals surface area contributed by atoms with Gasteiger partial charge in [-0.05, 0) is 25.7 Å². The molecule has 1 rings (SSSR count). The number of hydrogen-bond acceptors (Lipinski definition) is 6. The number of piperidine rings is 1. The highest BCUT2D eigenvalue weighted by Gasteiger charge is 2.34. The summed E-state index contributed by atoms with van der Waals surface area (Å²) in [6.07, 6.45) is 1.46. The van der Waals surface area contributed by atoms with E-state index in [0.717, 1.165) is 0 Å². The number of amides is 2. The molecule has 1 saturated heterocycles. The fraction of sp³-hybridized carbons (Fsp3) is 0.700. The number of nitrogens with one attached hydrogen (secondary N) is 1. The van der Waals surface area contributed by atoms with Crippen LogP contribution in [0.2, 0.25) is 0 Å². The van der Waals surface area contributed by atoms with E-state index in [4.69, 9.17) is 44.3 Å². The maximum absolute atomic E-state index is 12.8. The third-order valence-corrected chi connectivity index (χ3v) is 4.93. The highest BCUT2D eigenvalue weighted by molar-refractivity contribution is 6.67. The summed E-state index contributed by atoms with van der Waals surface area (Å²) in [5, 5.41) is 2.59. The molecule has 3 atom stereocenters. The number of esters is 2. The van der Waals surface area contributed by atoms with Crippen molar-refractivity contribution in [2.24, 2.45) is 11.8 Å². The molecule has 0 bridgehead atoms. The molecule has 0 aromatic heterocycles. The first-order chi connectivity index (χ1) is 14.4. The van der Waals surface area contributed by atoms with Crippen LogP contribution in [0, 0.1) is 11.8 Å². The summed E-state index contributed by atoms with van der Waals surface area (Å²) in [5.41, 5.74) is 0. The van der Waals surface area contributed by atoms with Crippen LogP contribution in [0.15, 0.2) is 12.7 Å². The number of hydrogen-bond donors (Lipinski definition) is 1. The molecule has 2 amide bonds. The third-order valence-electron chi connectivity index (χ3n) is 4.61. The van der Waals surface area contributed by atoms with Crippen molar-refractivity contribution < 1.29 is 28.7 Å². The van der Waals surface area contributed by atoms with Gasteiger partial charge in [-0.3, -0.25) is 19.2 Å². The van der Waals surface area contributed by atoms with E-state index in [-0.39, 0.29) is 31.4 Å². The van der Waals surface area contributed by atoms with Crippen LogP contribution < -0.4 is 5.32 Å². The number of likely N-dealkylation sites (tertiary alicyclic amines) is 1. The largest absolute Gasteiger partial charge is 0.461 e. The number of alkyl halides is 3. The lowest BCUT2D eigenvalue weighted by molar-refractivity contribution is -0.158. The van der Waals surface area contributed by atoms with Crippen molar-refractivity contribution in [1.82, 2.24) is 10.2 Å². The van der Waals surface area contributed by atoms with Crippen LogP contribution in [-0.4, -0.2) is 64.3 Å². The number of carbonyl (C=O) groups excluding carboxylic acids is 4. The molecule has 0 aromatic carbocycles. The van der Waals surface area contributed by atoms with Gasteiger partial charge < -0.3 is 19.7 Å². The van der Waals surface area contributed by atoms with Gasteiger partial charge in [0.1, 0.15) is 12.6 Å². The number of carbonyl (C=O) groups is 4. The predicted octanol–water partition coefficient (Wildman–Crippen LogP) is 2.79. The summed E-state index contributed by atoms with van der Waals surface area (Å²) < 4.78 is 8.51. The summed E-state index contributed by atoms with van der Waals surface area (Å²) >= 11 is 16.8. The molecule has 0 unspecified atom stereocenters. The van der Waals surface area contributed by atoms with Crippen molar-refractivity contribution in [3.63, 3.8) is 0 Å². The maximum atomic E-state index is 12.8. The van der Waals surface area contributed by atoms with Crippen LogP contribution in [0.3, 0.4) is 0 Å². The van der Waals surface area contributed by atoms with E-state index in [0.29, 0.717) is 19.4 Å². The van der Waals surface area contributed by atoms with Crippen LogP contribution in [-0.2, 0) is 28.7 Å². The highest BCUT2D eigenvalue weighted by atomic mass is 35.6. The molecule has 31 heavy (non-hydrogen) atoms. The summed E-state index contributed by atoms with van der Waals surface area (Å²) in [6.45, 7) is 8.66. The first-order valence-corrected chi connectivity index (χ1v) is 11.1. The molecule has 1 fully saturated rings. The first-order valence-electron chi connectivity index (χ1n) is 9.98. The Kier molecular flexibility index (Phi) is 11.1. The van der Waals surface area contributed by atoms with Crippen LogP contribution in [0.1, 0.15) is 40.0 Å². The van der Waals surface area contributed by atoms with E-state index < -0.39 is 39.7 Å². The average molecular weight is 500 g/mol. The number of nitrogens with zero attached hydrogens (tertiary/aromatic N) is 1. The lowest BCUT2D eigenvalue weighted by atomic mass is 9.97. The number of ether oxygens (including phenoxy) is 2. The summed E-state index contributed by atoms with van der Waals surface area (Å²) in [5.74, 6) is -2.88. The van der Waals surface area contributed by atoms with Gasteiger partial charge in [0.25, 0.3) is 5.91 Å². The summed E-state index contributed by atoms with van der Waals surface area (Å²) in [6, 6.07) is -0.872. The molecule has 0 radical (unpaired) electrons. The molecule has 0 aliphatic carbocycles. The lowest BCUT2D eigenvalue weighted by Gasteiger charge is -2.34. The van der Waals surface area contributed by atoms with Crippen molar-refractivity contribution in [3.8, 4) is 0 Å². The van der Waals surface area contributed by atoms with Gasteiger partial charge in [0.05, 0.1) is 12.3 Å². The van der Waals surface area contributed by atoms with Crippen molar-refractivity contribution >= 4 is 58.6 Å². The van der Waals surface area contributed by atoms with Gasteiger partial charge in [-0.2, -0.15) is 0 Å². The second-order valence-electron chi connectivity index (χ2n) is 7.72. The van der Waals surface area contributed by atoms with Gasteiger partial charge in [0.15, 0.2) is 6.10 Å². The van der Waals surface area contributed by atoms with Crippen LogP contribution >= 0.6 is 34.8 Å². The predicted molar refractivity (Wildman–Crippen MR) is 118 cm³/mol. The van der Waals surface area contributed by atoms with Crippen LogP contribution in [0.25, 0.3) is 0 Å². The second-order valence-corrected chi connectivity index (χ2v) is 10.2. The standard InChI is InChI=1S/C20H29Cl3N2O6/c1-5-7-15(26)31-16(12(2)3)17(27)24-13(4)18(28)25-9-6-8-14(10-25)19(29)30-11-20(21,22)23/h5,12-14,16H,1,6-11H2,2-4H3,(H,24,27)/t13-,14+,16-/m0/s1. The van der Waals surface area contributed by atoms with Gasteiger partial charge in [0.2, 0.25) is 9.70 Å². The molecule has 8 nitrogen and oxygen atoms in total. The van der Waals surface area contributed by atoms with E-state index in [9.17, 15) is 19.2 Å². The molecule has 0 aromatic rings. The molecular weight excluding hydrogens is 471 g/mol. The van der Waals surface area contributed by atoms with E-state index in [1.54, 1.807) is 13.8 Å². The van der Waals surface area contributed by atoms with E-state index in [1.165, 1.54) is 17.9 Å². The van der Waals surface area contributed by atoms with Crippen LogP contribution in [0.4, 0.5) is 0 Å². The zero-order valence-electron chi connectivity index (χ0n) is 17.9. The van der Waals surface area contributed by atoms with Gasteiger partial charge >= 0.3 is 11.9 Å². The Balaban J connectivity index is 2.67. The zero-order valence-corrected chi connectivity index (χ0v) is 20.1. The molecule has 0 spiro atoms. The topological polar surface area (TPSA) is 102 Å². The van der Waals surface area contributed by atoms with Crippen LogP contribution in [0.5, 0.6) is 0 Å². The highest BCUT2D eigenvalue weighted by Crippen LogP contribution is 2.27. The fourth-order valence-electron chi connectivity index (χ4n) is 3.07. The first kappa shape index (κ1) is 27.5. The molecule has 1 N–H and O–H groups in total. The molecule has 1 aliphatic rings. The monoisotopic (exact) mass is 498 g/mol. The lowest BCUT2D eigenvalue weighted by Crippen LogP contribution is -2.53.